The van der Waals surface area contributed by atoms with E-state index in [-0.39, 0.29) is 12.4 Å². The number of hydrogen-bond donors (Lipinski definition) is 1. The second-order valence-electron chi connectivity index (χ2n) is 5.18. The minimum Gasteiger partial charge on any atom is -0.490 e. The maximum absolute atomic E-state index is 5.79. The first-order valence-corrected chi connectivity index (χ1v) is 6.98. The first kappa shape index (κ1) is 14.4. The first-order valence-electron chi connectivity index (χ1n) is 6.98. The molecule has 2 aliphatic rings. The average molecular weight is 284 g/mol. The fraction of sp³-hybridized carbons (Fsp3) is 0.643. The summed E-state index contributed by atoms with van der Waals surface area (Å²) in [5, 5.41) is 3.34. The predicted molar refractivity (Wildman–Crippen MR) is 79.5 cm³/mol. The van der Waals surface area contributed by atoms with Crippen molar-refractivity contribution in [3.63, 3.8) is 0 Å². The quantitative estimate of drug-likeness (QED) is 0.920. The normalized spacial score (nSPS) is 22.3. The third-order valence-electron chi connectivity index (χ3n) is 3.80. The fourth-order valence-corrected chi connectivity index (χ4v) is 2.50. The van der Waals surface area contributed by atoms with Gasteiger partial charge in [-0.2, -0.15) is 0 Å². The molecule has 1 aromatic rings. The molecule has 1 N–H and O–H groups in total. The SMILES string of the molecule is Cl.c1ncc(N2CCCCC2)cc1OC[C@@H]1CCN1. The van der Waals surface area contributed by atoms with Crippen molar-refractivity contribution >= 4 is 18.1 Å². The van der Waals surface area contributed by atoms with Gasteiger partial charge in [0.05, 0.1) is 18.1 Å². The van der Waals surface area contributed by atoms with E-state index in [2.05, 4.69) is 21.3 Å². The Hall–Kier alpha value is -1.00. The van der Waals surface area contributed by atoms with Crippen molar-refractivity contribution in [3.8, 4) is 5.75 Å². The molecule has 0 unspecified atom stereocenters. The van der Waals surface area contributed by atoms with Crippen LogP contribution >= 0.6 is 12.4 Å². The van der Waals surface area contributed by atoms with Crippen LogP contribution in [0.5, 0.6) is 5.75 Å². The van der Waals surface area contributed by atoms with Crippen molar-refractivity contribution in [1.82, 2.24) is 10.3 Å². The molecular formula is C14H22ClN3O. The molecule has 5 heteroatoms. The lowest BCUT2D eigenvalue weighted by Crippen LogP contribution is -2.46. The molecule has 1 atom stereocenters. The van der Waals surface area contributed by atoms with Crippen molar-refractivity contribution in [2.45, 2.75) is 31.7 Å². The summed E-state index contributed by atoms with van der Waals surface area (Å²) >= 11 is 0. The third-order valence-corrected chi connectivity index (χ3v) is 3.80. The van der Waals surface area contributed by atoms with Crippen LogP contribution in [0.15, 0.2) is 18.5 Å². The number of anilines is 1. The summed E-state index contributed by atoms with van der Waals surface area (Å²) in [5.41, 5.74) is 1.20. The second kappa shape index (κ2) is 6.96. The van der Waals surface area contributed by atoms with Crippen LogP contribution in [-0.4, -0.2) is 37.3 Å². The highest BCUT2D eigenvalue weighted by Crippen LogP contribution is 2.23. The van der Waals surface area contributed by atoms with Gasteiger partial charge in [-0.1, -0.05) is 0 Å². The molecule has 4 nitrogen and oxygen atoms in total. The van der Waals surface area contributed by atoms with E-state index in [1.807, 2.05) is 12.4 Å². The van der Waals surface area contributed by atoms with Crippen LogP contribution in [0, 0.1) is 0 Å². The van der Waals surface area contributed by atoms with Crippen LogP contribution in [-0.2, 0) is 0 Å². The maximum Gasteiger partial charge on any atom is 0.139 e. The zero-order chi connectivity index (χ0) is 12.2. The Morgan fingerprint density at radius 3 is 2.74 bits per heavy atom. The van der Waals surface area contributed by atoms with Gasteiger partial charge in [0.15, 0.2) is 0 Å². The molecule has 0 aromatic carbocycles. The number of nitrogens with zero attached hydrogens (tertiary/aromatic N) is 2. The van der Waals surface area contributed by atoms with Gasteiger partial charge in [0.1, 0.15) is 12.4 Å². The standard InChI is InChI=1S/C14H21N3O.ClH/c1-2-6-17(7-3-1)13-8-14(10-15-9-13)18-11-12-4-5-16-12;/h8-10,12,16H,1-7,11H2;1H/t12-;/m0./s1. The molecule has 0 aliphatic carbocycles. The molecule has 2 aliphatic heterocycles. The predicted octanol–water partition coefficient (Wildman–Crippen LogP) is 2.23. The zero-order valence-electron chi connectivity index (χ0n) is 11.2. The second-order valence-corrected chi connectivity index (χ2v) is 5.18. The average Bonchev–Trinajstić information content (AvgIpc) is 2.38. The van der Waals surface area contributed by atoms with E-state index in [0.717, 1.165) is 32.0 Å². The van der Waals surface area contributed by atoms with E-state index in [0.29, 0.717) is 6.04 Å². The van der Waals surface area contributed by atoms with Gasteiger partial charge in [-0.25, -0.2) is 0 Å². The first-order chi connectivity index (χ1) is 8.92. The lowest BCUT2D eigenvalue weighted by atomic mass is 10.1. The van der Waals surface area contributed by atoms with Crippen molar-refractivity contribution < 1.29 is 4.74 Å². The highest BCUT2D eigenvalue weighted by molar-refractivity contribution is 5.85. The highest BCUT2D eigenvalue weighted by Gasteiger charge is 2.17. The molecule has 106 valence electrons. The van der Waals surface area contributed by atoms with Gasteiger partial charge in [0.25, 0.3) is 0 Å². The largest absolute Gasteiger partial charge is 0.490 e. The number of rotatable bonds is 4. The van der Waals surface area contributed by atoms with E-state index >= 15 is 0 Å². The van der Waals surface area contributed by atoms with Crippen LogP contribution in [0.3, 0.4) is 0 Å². The Morgan fingerprint density at radius 2 is 2.05 bits per heavy atom. The number of ether oxygens (including phenoxy) is 1. The summed E-state index contributed by atoms with van der Waals surface area (Å²) in [5.74, 6) is 0.895. The number of nitrogens with one attached hydrogen (secondary N) is 1. The molecule has 2 saturated heterocycles. The summed E-state index contributed by atoms with van der Waals surface area (Å²) in [6, 6.07) is 2.65. The van der Waals surface area contributed by atoms with E-state index in [1.165, 1.54) is 31.4 Å². The van der Waals surface area contributed by atoms with Crippen molar-refractivity contribution in [3.05, 3.63) is 18.5 Å². The molecular weight excluding hydrogens is 262 g/mol. The van der Waals surface area contributed by atoms with E-state index in [9.17, 15) is 0 Å². The number of halogens is 1. The van der Waals surface area contributed by atoms with Gasteiger partial charge in [0, 0.05) is 25.2 Å². The number of piperidine rings is 1. The van der Waals surface area contributed by atoms with Crippen LogP contribution in [0.25, 0.3) is 0 Å². The number of aromatic nitrogens is 1. The fourth-order valence-electron chi connectivity index (χ4n) is 2.50. The van der Waals surface area contributed by atoms with Gasteiger partial charge < -0.3 is 15.0 Å². The van der Waals surface area contributed by atoms with Gasteiger partial charge in [-0.15, -0.1) is 12.4 Å². The molecule has 19 heavy (non-hydrogen) atoms. The molecule has 0 spiro atoms. The zero-order valence-corrected chi connectivity index (χ0v) is 12.0. The van der Waals surface area contributed by atoms with Gasteiger partial charge in [-0.05, 0) is 32.2 Å². The Morgan fingerprint density at radius 1 is 1.26 bits per heavy atom. The Labute approximate surface area is 121 Å². The lowest BCUT2D eigenvalue weighted by molar-refractivity contribution is 0.217. The van der Waals surface area contributed by atoms with Gasteiger partial charge >= 0.3 is 0 Å². The van der Waals surface area contributed by atoms with Crippen molar-refractivity contribution in [2.24, 2.45) is 0 Å². The van der Waals surface area contributed by atoms with Gasteiger partial charge in [0.2, 0.25) is 0 Å². The smallest absolute Gasteiger partial charge is 0.139 e. The summed E-state index contributed by atoms with van der Waals surface area (Å²) < 4.78 is 5.79. The van der Waals surface area contributed by atoms with Crippen molar-refractivity contribution in [2.75, 3.05) is 31.1 Å². The summed E-state index contributed by atoms with van der Waals surface area (Å²) in [4.78, 5) is 6.70. The Balaban J connectivity index is 0.00000133. The van der Waals surface area contributed by atoms with E-state index in [1.54, 1.807) is 0 Å². The summed E-state index contributed by atoms with van der Waals surface area (Å²) in [6.45, 7) is 4.18. The molecule has 0 saturated carbocycles. The van der Waals surface area contributed by atoms with E-state index in [4.69, 9.17) is 4.74 Å². The van der Waals surface area contributed by atoms with Gasteiger partial charge in [-0.3, -0.25) is 4.98 Å². The number of hydrogen-bond acceptors (Lipinski definition) is 4. The third kappa shape index (κ3) is 3.74. The van der Waals surface area contributed by atoms with Crippen LogP contribution in [0.1, 0.15) is 25.7 Å². The summed E-state index contributed by atoms with van der Waals surface area (Å²) in [7, 11) is 0. The summed E-state index contributed by atoms with van der Waals surface area (Å²) in [6.07, 6.45) is 8.91. The maximum atomic E-state index is 5.79. The van der Waals surface area contributed by atoms with Crippen LogP contribution in [0.2, 0.25) is 0 Å². The highest BCUT2D eigenvalue weighted by atomic mass is 35.5. The lowest BCUT2D eigenvalue weighted by Gasteiger charge is -2.29. The molecule has 0 bridgehead atoms. The van der Waals surface area contributed by atoms with Crippen LogP contribution < -0.4 is 15.0 Å². The minimum absolute atomic E-state index is 0. The van der Waals surface area contributed by atoms with Crippen molar-refractivity contribution in [1.29, 1.82) is 0 Å². The molecule has 1 aromatic heterocycles. The van der Waals surface area contributed by atoms with E-state index < -0.39 is 0 Å². The molecule has 3 heterocycles. The Bertz CT molecular complexity index is 392. The Kier molecular flexibility index (Phi) is 5.28. The minimum atomic E-state index is 0. The number of pyridine rings is 1. The molecule has 2 fully saturated rings. The monoisotopic (exact) mass is 283 g/mol. The molecule has 0 radical (unpaired) electrons. The topological polar surface area (TPSA) is 37.4 Å². The molecule has 0 amide bonds. The van der Waals surface area contributed by atoms with Crippen LogP contribution in [0.4, 0.5) is 5.69 Å². The molecule has 3 rings (SSSR count).